The SMILES string of the molecule is c1ccc(-c2ccc(-c3ccc(N(c4ccccc4-c4ccc5oc6c7ccccc7ccc6c5c4)c4ccccc4-n4c5ccccc5c5ccccc54)cc3)cc2-c2ccccc2)cc1. The zero-order chi connectivity index (χ0) is 44.3. The quantitative estimate of drug-likeness (QED) is 0.152. The summed E-state index contributed by atoms with van der Waals surface area (Å²) in [5.74, 6) is 0. The lowest BCUT2D eigenvalue weighted by Gasteiger charge is -2.30. The highest BCUT2D eigenvalue weighted by molar-refractivity contribution is 6.16. The number of benzene rings is 11. The van der Waals surface area contributed by atoms with E-state index in [1.165, 1.54) is 38.4 Å². The topological polar surface area (TPSA) is 21.3 Å². The summed E-state index contributed by atoms with van der Waals surface area (Å²) in [6.45, 7) is 0. The Balaban J connectivity index is 1.00. The van der Waals surface area contributed by atoms with Gasteiger partial charge in [-0.1, -0.05) is 188 Å². The molecule has 0 aliphatic heterocycles. The molecule has 314 valence electrons. The molecule has 0 bridgehead atoms. The molecule has 2 heterocycles. The van der Waals surface area contributed by atoms with Crippen molar-refractivity contribution in [3.8, 4) is 50.2 Å². The van der Waals surface area contributed by atoms with E-state index in [0.717, 1.165) is 83.4 Å². The number of hydrogen-bond donors (Lipinski definition) is 0. The summed E-state index contributed by atoms with van der Waals surface area (Å²) in [7, 11) is 0. The summed E-state index contributed by atoms with van der Waals surface area (Å²) in [6.07, 6.45) is 0. The fourth-order valence-electron chi connectivity index (χ4n) is 10.3. The molecule has 67 heavy (non-hydrogen) atoms. The van der Waals surface area contributed by atoms with Gasteiger partial charge < -0.3 is 13.9 Å². The van der Waals surface area contributed by atoms with Crippen LogP contribution in [0.1, 0.15) is 0 Å². The minimum Gasteiger partial charge on any atom is -0.455 e. The second kappa shape index (κ2) is 16.0. The first-order valence-corrected chi connectivity index (χ1v) is 22.9. The van der Waals surface area contributed by atoms with E-state index in [-0.39, 0.29) is 0 Å². The van der Waals surface area contributed by atoms with Crippen LogP contribution in [0.2, 0.25) is 0 Å². The van der Waals surface area contributed by atoms with Gasteiger partial charge in [0.15, 0.2) is 0 Å². The van der Waals surface area contributed by atoms with Gasteiger partial charge >= 0.3 is 0 Å². The maximum atomic E-state index is 6.60. The van der Waals surface area contributed by atoms with Gasteiger partial charge in [0.1, 0.15) is 11.2 Å². The molecule has 0 saturated carbocycles. The number of para-hydroxylation sites is 5. The number of aromatic nitrogens is 1. The van der Waals surface area contributed by atoms with Gasteiger partial charge in [-0.15, -0.1) is 0 Å². The molecule has 0 atom stereocenters. The van der Waals surface area contributed by atoms with Crippen LogP contribution in [0.4, 0.5) is 17.1 Å². The van der Waals surface area contributed by atoms with Gasteiger partial charge in [-0.25, -0.2) is 0 Å². The van der Waals surface area contributed by atoms with Crippen molar-refractivity contribution in [3.63, 3.8) is 0 Å². The van der Waals surface area contributed by atoms with Crippen molar-refractivity contribution in [3.05, 3.63) is 255 Å². The number of furan rings is 1. The maximum absolute atomic E-state index is 6.60. The minimum absolute atomic E-state index is 0.879. The molecule has 0 saturated heterocycles. The Bertz CT molecular complexity index is 3920. The van der Waals surface area contributed by atoms with Crippen LogP contribution in [0.5, 0.6) is 0 Å². The van der Waals surface area contributed by atoms with Crippen molar-refractivity contribution in [2.75, 3.05) is 4.90 Å². The molecule has 3 nitrogen and oxygen atoms in total. The highest BCUT2D eigenvalue weighted by Crippen LogP contribution is 2.47. The molecule has 0 spiro atoms. The third-order valence-electron chi connectivity index (χ3n) is 13.4. The Kier molecular flexibility index (Phi) is 9.17. The number of fused-ring (bicyclic) bond motifs is 8. The molecule has 0 amide bonds. The lowest BCUT2D eigenvalue weighted by molar-refractivity contribution is 0.672. The van der Waals surface area contributed by atoms with E-state index in [2.05, 4.69) is 264 Å². The molecule has 0 aliphatic carbocycles. The second-order valence-electron chi connectivity index (χ2n) is 17.2. The van der Waals surface area contributed by atoms with Gasteiger partial charge in [0, 0.05) is 38.2 Å². The van der Waals surface area contributed by atoms with E-state index in [4.69, 9.17) is 4.42 Å². The summed E-state index contributed by atoms with van der Waals surface area (Å²) in [6, 6.07) is 92.0. The third-order valence-corrected chi connectivity index (χ3v) is 13.4. The van der Waals surface area contributed by atoms with E-state index >= 15 is 0 Å². The molecule has 0 radical (unpaired) electrons. The first-order chi connectivity index (χ1) is 33.2. The van der Waals surface area contributed by atoms with E-state index in [1.54, 1.807) is 0 Å². The van der Waals surface area contributed by atoms with Gasteiger partial charge in [-0.3, -0.25) is 0 Å². The van der Waals surface area contributed by atoms with Crippen molar-refractivity contribution in [2.45, 2.75) is 0 Å². The fourth-order valence-corrected chi connectivity index (χ4v) is 10.3. The molecule has 0 aliphatic rings. The Morgan fingerprint density at radius 2 is 0.896 bits per heavy atom. The van der Waals surface area contributed by atoms with Crippen LogP contribution in [0.15, 0.2) is 259 Å². The molecular formula is C64H42N2O. The summed E-state index contributed by atoms with van der Waals surface area (Å²) in [5, 5.41) is 6.96. The summed E-state index contributed by atoms with van der Waals surface area (Å²) in [5.41, 5.74) is 17.8. The Morgan fingerprint density at radius 1 is 0.313 bits per heavy atom. The van der Waals surface area contributed by atoms with Crippen molar-refractivity contribution >= 4 is 71.6 Å². The van der Waals surface area contributed by atoms with Gasteiger partial charge in [-0.05, 0) is 111 Å². The van der Waals surface area contributed by atoms with Crippen LogP contribution in [-0.2, 0) is 0 Å². The first kappa shape index (κ1) is 38.5. The normalized spacial score (nSPS) is 11.6. The lowest BCUT2D eigenvalue weighted by atomic mass is 9.91. The Morgan fingerprint density at radius 3 is 1.64 bits per heavy atom. The minimum atomic E-state index is 0.879. The average Bonchev–Trinajstić information content (AvgIpc) is 3.95. The molecule has 3 heteroatoms. The zero-order valence-corrected chi connectivity index (χ0v) is 36.6. The van der Waals surface area contributed by atoms with Crippen molar-refractivity contribution in [1.82, 2.24) is 4.57 Å². The molecule has 11 aromatic carbocycles. The van der Waals surface area contributed by atoms with Crippen molar-refractivity contribution < 1.29 is 4.42 Å². The molecule has 0 unspecified atom stereocenters. The highest BCUT2D eigenvalue weighted by Gasteiger charge is 2.23. The van der Waals surface area contributed by atoms with E-state index in [0.29, 0.717) is 0 Å². The Labute approximate surface area is 388 Å². The summed E-state index contributed by atoms with van der Waals surface area (Å²) < 4.78 is 9.02. The van der Waals surface area contributed by atoms with E-state index in [1.807, 2.05) is 0 Å². The Hall–Kier alpha value is -8.92. The molecule has 13 rings (SSSR count). The summed E-state index contributed by atoms with van der Waals surface area (Å²) in [4.78, 5) is 2.44. The predicted octanol–water partition coefficient (Wildman–Crippen LogP) is 18.0. The van der Waals surface area contributed by atoms with Gasteiger partial charge in [0.05, 0.1) is 28.1 Å². The molecule has 13 aromatic rings. The number of hydrogen-bond acceptors (Lipinski definition) is 2. The smallest absolute Gasteiger partial charge is 0.143 e. The lowest BCUT2D eigenvalue weighted by Crippen LogP contribution is -2.14. The van der Waals surface area contributed by atoms with Crippen LogP contribution in [0.25, 0.3) is 105 Å². The second-order valence-corrected chi connectivity index (χ2v) is 17.2. The number of rotatable bonds is 8. The van der Waals surface area contributed by atoms with Gasteiger partial charge in [-0.2, -0.15) is 0 Å². The molecule has 0 N–H and O–H groups in total. The first-order valence-electron chi connectivity index (χ1n) is 22.9. The maximum Gasteiger partial charge on any atom is 0.143 e. The van der Waals surface area contributed by atoms with E-state index in [9.17, 15) is 0 Å². The van der Waals surface area contributed by atoms with Crippen LogP contribution in [0.3, 0.4) is 0 Å². The highest BCUT2D eigenvalue weighted by atomic mass is 16.3. The molecular weight excluding hydrogens is 813 g/mol. The van der Waals surface area contributed by atoms with E-state index < -0.39 is 0 Å². The fraction of sp³-hybridized carbons (Fsp3) is 0. The van der Waals surface area contributed by atoms with Crippen LogP contribution in [-0.4, -0.2) is 4.57 Å². The van der Waals surface area contributed by atoms with Gasteiger partial charge in [0.2, 0.25) is 0 Å². The zero-order valence-electron chi connectivity index (χ0n) is 36.6. The van der Waals surface area contributed by atoms with Crippen LogP contribution < -0.4 is 4.90 Å². The molecule has 0 fully saturated rings. The molecule has 2 aromatic heterocycles. The van der Waals surface area contributed by atoms with Crippen molar-refractivity contribution in [2.24, 2.45) is 0 Å². The standard InChI is InChI=1S/C64H42N2O/c1-3-17-44(18-4-1)50-38-34-47(41-56(50)45-19-5-2-6-20-45)43-31-36-49(37-32-43)65(61-29-15-16-30-62(61)66-59-27-13-10-24-53(59)54-25-11-14-28-60(54)66)58-26-12-9-22-51(58)48-35-40-63-57(42-48)55-39-33-46-21-7-8-23-52(46)64(55)67-63/h1-42H. The van der Waals surface area contributed by atoms with Gasteiger partial charge in [0.25, 0.3) is 0 Å². The number of nitrogens with zero attached hydrogens (tertiary/aromatic N) is 2. The monoisotopic (exact) mass is 854 g/mol. The van der Waals surface area contributed by atoms with Crippen molar-refractivity contribution in [1.29, 1.82) is 0 Å². The summed E-state index contributed by atoms with van der Waals surface area (Å²) >= 11 is 0. The van der Waals surface area contributed by atoms with Crippen LogP contribution >= 0.6 is 0 Å². The average molecular weight is 855 g/mol. The third kappa shape index (κ3) is 6.51. The van der Waals surface area contributed by atoms with Crippen LogP contribution in [0, 0.1) is 0 Å². The predicted molar refractivity (Wildman–Crippen MR) is 282 cm³/mol. The number of anilines is 3. The largest absolute Gasteiger partial charge is 0.455 e.